The number of ether oxygens (including phenoxy) is 2. The van der Waals surface area contributed by atoms with Crippen molar-refractivity contribution in [3.05, 3.63) is 72.4 Å². The summed E-state index contributed by atoms with van der Waals surface area (Å²) in [4.78, 5) is 17.0. The van der Waals surface area contributed by atoms with Crippen molar-refractivity contribution >= 4 is 17.2 Å². The lowest BCUT2D eigenvalue weighted by Gasteiger charge is -2.19. The Balaban J connectivity index is 1.46. The molecule has 1 aliphatic rings. The maximum atomic E-state index is 14.3. The average molecular weight is 390 g/mol. The Morgan fingerprint density at radius 1 is 1.10 bits per heavy atom. The summed E-state index contributed by atoms with van der Waals surface area (Å²) in [7, 11) is 0. The summed E-state index contributed by atoms with van der Waals surface area (Å²) in [5, 5.41) is 6.98. The van der Waals surface area contributed by atoms with Crippen LogP contribution < -0.4 is 14.8 Å². The minimum atomic E-state index is -0.523. The van der Waals surface area contributed by atoms with Gasteiger partial charge in [-0.25, -0.2) is 13.9 Å². The first-order chi connectivity index (χ1) is 14.2. The minimum Gasteiger partial charge on any atom is -0.486 e. The molecule has 1 aliphatic heterocycles. The van der Waals surface area contributed by atoms with Gasteiger partial charge in [0.1, 0.15) is 19.0 Å². The van der Waals surface area contributed by atoms with Crippen molar-refractivity contribution in [1.82, 2.24) is 14.6 Å². The molecule has 8 heteroatoms. The van der Waals surface area contributed by atoms with Crippen LogP contribution in [0.2, 0.25) is 0 Å². The van der Waals surface area contributed by atoms with Gasteiger partial charge in [0.15, 0.2) is 17.1 Å². The van der Waals surface area contributed by atoms with Crippen LogP contribution in [0.25, 0.3) is 16.8 Å². The molecule has 1 N–H and O–H groups in total. The smallest absolute Gasteiger partial charge is 0.255 e. The van der Waals surface area contributed by atoms with Crippen LogP contribution in [-0.2, 0) is 0 Å². The summed E-state index contributed by atoms with van der Waals surface area (Å²) in [6.07, 6.45) is 4.98. The molecule has 2 aromatic carbocycles. The van der Waals surface area contributed by atoms with Gasteiger partial charge in [0, 0.05) is 35.3 Å². The van der Waals surface area contributed by atoms with Crippen LogP contribution >= 0.6 is 0 Å². The molecular formula is C21H15FN4O3. The maximum absolute atomic E-state index is 14.3. The first-order valence-corrected chi connectivity index (χ1v) is 8.98. The lowest BCUT2D eigenvalue weighted by Crippen LogP contribution is -2.16. The van der Waals surface area contributed by atoms with Crippen molar-refractivity contribution in [3.63, 3.8) is 0 Å². The first kappa shape index (κ1) is 17.2. The zero-order chi connectivity index (χ0) is 19.8. The maximum Gasteiger partial charge on any atom is 0.255 e. The van der Waals surface area contributed by atoms with Gasteiger partial charge >= 0.3 is 0 Å². The van der Waals surface area contributed by atoms with Gasteiger partial charge in [0.2, 0.25) is 0 Å². The van der Waals surface area contributed by atoms with Crippen LogP contribution in [0, 0.1) is 5.82 Å². The molecule has 0 saturated heterocycles. The fourth-order valence-electron chi connectivity index (χ4n) is 3.23. The van der Waals surface area contributed by atoms with E-state index in [0.29, 0.717) is 47.2 Å². The van der Waals surface area contributed by atoms with Crippen molar-refractivity contribution in [1.29, 1.82) is 0 Å². The molecule has 4 aromatic rings. The highest BCUT2D eigenvalue weighted by Gasteiger charge is 2.16. The predicted octanol–water partition coefficient (Wildman–Crippen LogP) is 3.56. The number of fused-ring (bicyclic) bond motifs is 2. The van der Waals surface area contributed by atoms with Gasteiger partial charge in [-0.1, -0.05) is 0 Å². The van der Waals surface area contributed by atoms with Crippen molar-refractivity contribution in [2.45, 2.75) is 0 Å². The highest BCUT2D eigenvalue weighted by Crippen LogP contribution is 2.33. The molecule has 5 rings (SSSR count). The molecule has 0 bridgehead atoms. The second-order valence-corrected chi connectivity index (χ2v) is 6.49. The number of anilines is 1. The third-order valence-corrected chi connectivity index (χ3v) is 4.55. The van der Waals surface area contributed by atoms with E-state index in [0.717, 1.165) is 0 Å². The van der Waals surface area contributed by atoms with Crippen LogP contribution in [0.3, 0.4) is 0 Å². The van der Waals surface area contributed by atoms with E-state index < -0.39 is 11.7 Å². The zero-order valence-electron chi connectivity index (χ0n) is 15.1. The Labute approximate surface area is 164 Å². The van der Waals surface area contributed by atoms with E-state index in [1.807, 2.05) is 0 Å². The Bertz CT molecular complexity index is 1240. The second kappa shape index (κ2) is 6.90. The number of nitrogens with zero attached hydrogens (tertiary/aromatic N) is 3. The predicted molar refractivity (Wildman–Crippen MR) is 104 cm³/mol. The largest absolute Gasteiger partial charge is 0.486 e. The average Bonchev–Trinajstić information content (AvgIpc) is 3.17. The molecule has 0 atom stereocenters. The first-order valence-electron chi connectivity index (χ1n) is 8.98. The van der Waals surface area contributed by atoms with Crippen LogP contribution in [-0.4, -0.2) is 33.7 Å². The molecule has 3 heterocycles. The number of carbonyl (C=O) groups excluding carboxylic acids is 1. The number of benzene rings is 2. The molecule has 29 heavy (non-hydrogen) atoms. The highest BCUT2D eigenvalue weighted by atomic mass is 19.1. The van der Waals surface area contributed by atoms with Crippen molar-refractivity contribution in [3.8, 4) is 22.6 Å². The molecule has 0 fully saturated rings. The van der Waals surface area contributed by atoms with Gasteiger partial charge < -0.3 is 14.8 Å². The van der Waals surface area contributed by atoms with Crippen LogP contribution in [0.1, 0.15) is 10.4 Å². The van der Waals surface area contributed by atoms with Crippen LogP contribution in [0.4, 0.5) is 10.1 Å². The summed E-state index contributed by atoms with van der Waals surface area (Å²) in [6.45, 7) is 0.939. The number of rotatable bonds is 3. The lowest BCUT2D eigenvalue weighted by molar-refractivity contribution is 0.102. The lowest BCUT2D eigenvalue weighted by atomic mass is 10.0. The second-order valence-electron chi connectivity index (χ2n) is 6.49. The number of carbonyl (C=O) groups is 1. The molecule has 0 saturated carbocycles. The number of amides is 1. The molecule has 1 amide bonds. The van der Waals surface area contributed by atoms with Crippen molar-refractivity contribution in [2.24, 2.45) is 0 Å². The van der Waals surface area contributed by atoms with E-state index in [-0.39, 0.29) is 5.56 Å². The molecule has 0 spiro atoms. The Kier molecular flexibility index (Phi) is 4.09. The fourth-order valence-corrected chi connectivity index (χ4v) is 3.23. The molecule has 0 radical (unpaired) electrons. The SMILES string of the molecule is O=C(Nc1ccc2c(c1)OCCO2)c1cc(F)cc(-c2cnn3cccnc23)c1. The van der Waals surface area contributed by atoms with Gasteiger partial charge in [0.25, 0.3) is 5.91 Å². The molecule has 144 valence electrons. The van der Waals surface area contributed by atoms with Gasteiger partial charge in [-0.05, 0) is 42.0 Å². The van der Waals surface area contributed by atoms with E-state index in [1.165, 1.54) is 12.1 Å². The minimum absolute atomic E-state index is 0.185. The summed E-state index contributed by atoms with van der Waals surface area (Å²) in [5.74, 6) is 0.228. The Morgan fingerprint density at radius 3 is 2.86 bits per heavy atom. The van der Waals surface area contributed by atoms with Gasteiger partial charge in [-0.2, -0.15) is 5.10 Å². The van der Waals surface area contributed by atoms with Crippen molar-refractivity contribution in [2.75, 3.05) is 18.5 Å². The molecule has 7 nitrogen and oxygen atoms in total. The molecular weight excluding hydrogens is 375 g/mol. The third-order valence-electron chi connectivity index (χ3n) is 4.55. The fraction of sp³-hybridized carbons (Fsp3) is 0.0952. The monoisotopic (exact) mass is 390 g/mol. The summed E-state index contributed by atoms with van der Waals surface area (Å²) < 4.78 is 26.9. The molecule has 0 aliphatic carbocycles. The number of hydrogen-bond acceptors (Lipinski definition) is 5. The topological polar surface area (TPSA) is 77.8 Å². The van der Waals surface area contributed by atoms with Crippen LogP contribution in [0.15, 0.2) is 61.1 Å². The molecule has 2 aromatic heterocycles. The number of aromatic nitrogens is 3. The van der Waals surface area contributed by atoms with E-state index >= 15 is 0 Å². The number of hydrogen-bond donors (Lipinski definition) is 1. The van der Waals surface area contributed by atoms with E-state index in [9.17, 15) is 9.18 Å². The highest BCUT2D eigenvalue weighted by molar-refractivity contribution is 6.05. The van der Waals surface area contributed by atoms with Gasteiger partial charge in [-0.15, -0.1) is 0 Å². The summed E-state index contributed by atoms with van der Waals surface area (Å²) in [5.41, 5.74) is 2.45. The van der Waals surface area contributed by atoms with Crippen molar-refractivity contribution < 1.29 is 18.7 Å². The zero-order valence-corrected chi connectivity index (χ0v) is 15.1. The Morgan fingerprint density at radius 2 is 1.97 bits per heavy atom. The number of nitrogens with one attached hydrogen (secondary N) is 1. The summed E-state index contributed by atoms with van der Waals surface area (Å²) >= 11 is 0. The standard InChI is InChI=1S/C21H15FN4O3/c22-15-9-13(17-12-24-26-5-1-4-23-20(17)26)8-14(10-15)21(27)25-16-2-3-18-19(11-16)29-7-6-28-18/h1-5,8-12H,6-7H2,(H,25,27). The number of halogens is 1. The van der Waals surface area contributed by atoms with E-state index in [4.69, 9.17) is 9.47 Å². The molecule has 0 unspecified atom stereocenters. The van der Waals surface area contributed by atoms with Gasteiger partial charge in [-0.3, -0.25) is 4.79 Å². The Hall–Kier alpha value is -3.94. The summed E-state index contributed by atoms with van der Waals surface area (Å²) in [6, 6.07) is 11.0. The van der Waals surface area contributed by atoms with Gasteiger partial charge in [0.05, 0.1) is 6.20 Å². The quantitative estimate of drug-likeness (QED) is 0.579. The van der Waals surface area contributed by atoms with Crippen LogP contribution in [0.5, 0.6) is 11.5 Å². The van der Waals surface area contributed by atoms with E-state index in [1.54, 1.807) is 53.4 Å². The van der Waals surface area contributed by atoms with E-state index in [2.05, 4.69) is 15.4 Å². The normalized spacial score (nSPS) is 12.7. The third kappa shape index (κ3) is 3.25.